The van der Waals surface area contributed by atoms with Crippen molar-refractivity contribution >= 4 is 29.1 Å². The van der Waals surface area contributed by atoms with E-state index in [9.17, 15) is 4.79 Å². The van der Waals surface area contributed by atoms with E-state index in [2.05, 4.69) is 0 Å². The molecule has 0 heterocycles. The molecule has 0 bridgehead atoms. The van der Waals surface area contributed by atoms with Gasteiger partial charge in [0.15, 0.2) is 5.78 Å². The number of hydrogen-bond donors (Lipinski definition) is 0. The van der Waals surface area contributed by atoms with Gasteiger partial charge in [-0.25, -0.2) is 0 Å². The Balaban J connectivity index is 3.75. The Bertz CT molecular complexity index is 120. The lowest BCUT2D eigenvalue weighted by atomic mass is 10.5. The van der Waals surface area contributed by atoms with Crippen molar-refractivity contribution in [1.29, 1.82) is 0 Å². The molecule has 0 amide bonds. The fourth-order valence-corrected chi connectivity index (χ4v) is 0.656. The summed E-state index contributed by atoms with van der Waals surface area (Å²) in [4.78, 5) is 10.2. The van der Waals surface area contributed by atoms with Gasteiger partial charge in [-0.3, -0.25) is 4.79 Å². The van der Waals surface area contributed by atoms with Crippen LogP contribution >= 0.6 is 23.4 Å². The number of hydrogen-bond acceptors (Lipinski definition) is 2. The van der Waals surface area contributed by atoms with E-state index in [0.717, 1.165) is 0 Å². The van der Waals surface area contributed by atoms with Crippen LogP contribution in [0.5, 0.6) is 0 Å². The molecule has 8 heavy (non-hydrogen) atoms. The van der Waals surface area contributed by atoms with Crippen molar-refractivity contribution in [3.8, 4) is 0 Å². The topological polar surface area (TPSA) is 17.1 Å². The highest BCUT2D eigenvalue weighted by Gasteiger charge is 1.88. The maximum Gasteiger partial charge on any atom is 0.154 e. The summed E-state index contributed by atoms with van der Waals surface area (Å²) in [7, 11) is 0. The number of thioether (sulfide) groups is 1. The van der Waals surface area contributed by atoms with Gasteiger partial charge >= 0.3 is 0 Å². The number of halogens is 1. The highest BCUT2D eigenvalue weighted by atomic mass is 35.5. The predicted molar refractivity (Wildman–Crippen MR) is 38.1 cm³/mol. The summed E-state index contributed by atoms with van der Waals surface area (Å²) >= 11 is 6.82. The molecule has 3 heteroatoms. The maximum absolute atomic E-state index is 10.2. The molecule has 46 valence electrons. The molecular weight excluding hydrogens is 144 g/mol. The van der Waals surface area contributed by atoms with Gasteiger partial charge in [0.25, 0.3) is 0 Å². The summed E-state index contributed by atoms with van der Waals surface area (Å²) in [6.45, 7) is 1.47. The number of allylic oxidation sites excluding steroid dienone is 1. The Hall–Kier alpha value is 0.0500. The van der Waals surface area contributed by atoms with Gasteiger partial charge < -0.3 is 0 Å². The molecule has 0 aliphatic rings. The molecule has 0 aliphatic carbocycles. The average Bonchev–Trinajstić information content (AvgIpc) is 1.65. The summed E-state index contributed by atoms with van der Waals surface area (Å²) in [6, 6.07) is 0. The molecule has 0 spiro atoms. The minimum Gasteiger partial charge on any atom is -0.295 e. The zero-order valence-corrected chi connectivity index (χ0v) is 6.34. The minimum atomic E-state index is -0.00986. The predicted octanol–water partition coefficient (Wildman–Crippen LogP) is 2.02. The van der Waals surface area contributed by atoms with Crippen molar-refractivity contribution in [1.82, 2.24) is 0 Å². The van der Waals surface area contributed by atoms with E-state index in [1.807, 2.05) is 6.26 Å². The molecule has 0 rings (SSSR count). The standard InChI is InChI=1S/C5H7ClOS/c1-4(7)3-5(6)8-2/h3H,1-2H3/b5-3-. The lowest BCUT2D eigenvalue weighted by Crippen LogP contribution is -1.79. The van der Waals surface area contributed by atoms with E-state index in [4.69, 9.17) is 11.6 Å². The van der Waals surface area contributed by atoms with Crippen molar-refractivity contribution in [2.24, 2.45) is 0 Å². The van der Waals surface area contributed by atoms with Gasteiger partial charge in [-0.05, 0) is 13.2 Å². The summed E-state index contributed by atoms with van der Waals surface area (Å²) in [5, 5.41) is 0. The van der Waals surface area contributed by atoms with Crippen molar-refractivity contribution in [2.75, 3.05) is 6.26 Å². The van der Waals surface area contributed by atoms with E-state index in [1.165, 1.54) is 24.8 Å². The quantitative estimate of drug-likeness (QED) is 0.561. The third kappa shape index (κ3) is 4.22. The first kappa shape index (κ1) is 8.05. The van der Waals surface area contributed by atoms with E-state index in [0.29, 0.717) is 4.36 Å². The Labute approximate surface area is 58.1 Å². The van der Waals surface area contributed by atoms with Crippen LogP contribution < -0.4 is 0 Å². The molecule has 0 aromatic rings. The highest BCUT2D eigenvalue weighted by molar-refractivity contribution is 8.03. The molecular formula is C5H7ClOS. The second-order valence-corrected chi connectivity index (χ2v) is 2.74. The first-order valence-corrected chi connectivity index (χ1v) is 3.69. The van der Waals surface area contributed by atoms with Gasteiger partial charge in [-0.1, -0.05) is 11.6 Å². The molecule has 0 unspecified atom stereocenters. The van der Waals surface area contributed by atoms with Crippen LogP contribution in [0.15, 0.2) is 10.4 Å². The molecule has 0 saturated heterocycles. The van der Waals surface area contributed by atoms with Crippen LogP contribution in [-0.2, 0) is 4.79 Å². The van der Waals surface area contributed by atoms with Gasteiger partial charge in [0.05, 0.1) is 4.36 Å². The zero-order valence-electron chi connectivity index (χ0n) is 4.77. The number of rotatable bonds is 2. The van der Waals surface area contributed by atoms with Gasteiger partial charge in [-0.2, -0.15) is 0 Å². The van der Waals surface area contributed by atoms with Gasteiger partial charge in [0.2, 0.25) is 0 Å². The Kier molecular flexibility index (Phi) is 4.01. The summed E-state index contributed by atoms with van der Waals surface area (Å²) in [5.74, 6) is -0.00986. The molecule has 0 aromatic heterocycles. The maximum atomic E-state index is 10.2. The molecule has 1 nitrogen and oxygen atoms in total. The van der Waals surface area contributed by atoms with Crippen LogP contribution in [0.25, 0.3) is 0 Å². The normalized spacial score (nSPS) is 11.6. The van der Waals surface area contributed by atoms with Crippen molar-refractivity contribution in [2.45, 2.75) is 6.92 Å². The molecule has 0 N–H and O–H groups in total. The van der Waals surface area contributed by atoms with Crippen LogP contribution in [-0.4, -0.2) is 12.0 Å². The Morgan fingerprint density at radius 3 is 2.38 bits per heavy atom. The number of carbonyl (C=O) groups is 1. The summed E-state index contributed by atoms with van der Waals surface area (Å²) < 4.78 is 0.539. The first-order chi connectivity index (χ1) is 3.66. The number of carbonyl (C=O) groups excluding carboxylic acids is 1. The van der Waals surface area contributed by atoms with Crippen LogP contribution in [0.4, 0.5) is 0 Å². The lowest BCUT2D eigenvalue weighted by Gasteiger charge is -1.85. The van der Waals surface area contributed by atoms with E-state index >= 15 is 0 Å². The van der Waals surface area contributed by atoms with E-state index in [1.54, 1.807) is 0 Å². The smallest absolute Gasteiger partial charge is 0.154 e. The van der Waals surface area contributed by atoms with Crippen molar-refractivity contribution in [3.05, 3.63) is 10.4 Å². The molecule has 0 aromatic carbocycles. The average molecular weight is 151 g/mol. The lowest BCUT2D eigenvalue weighted by molar-refractivity contribution is -0.112. The van der Waals surface area contributed by atoms with E-state index in [-0.39, 0.29) is 5.78 Å². The fraction of sp³-hybridized carbons (Fsp3) is 0.400. The van der Waals surface area contributed by atoms with Crippen molar-refractivity contribution in [3.63, 3.8) is 0 Å². The van der Waals surface area contributed by atoms with Gasteiger partial charge in [-0.15, -0.1) is 11.8 Å². The largest absolute Gasteiger partial charge is 0.295 e. The van der Waals surface area contributed by atoms with Gasteiger partial charge in [0.1, 0.15) is 0 Å². The highest BCUT2D eigenvalue weighted by Crippen LogP contribution is 2.14. The monoisotopic (exact) mass is 150 g/mol. The Morgan fingerprint density at radius 2 is 2.25 bits per heavy atom. The minimum absolute atomic E-state index is 0.00986. The molecule has 0 radical (unpaired) electrons. The summed E-state index contributed by atoms with van der Waals surface area (Å²) in [5.41, 5.74) is 0. The third-order valence-corrected chi connectivity index (χ3v) is 1.59. The van der Waals surface area contributed by atoms with Gasteiger partial charge in [0, 0.05) is 6.08 Å². The second kappa shape index (κ2) is 3.98. The van der Waals surface area contributed by atoms with Crippen LogP contribution in [0.1, 0.15) is 6.92 Å². The van der Waals surface area contributed by atoms with Crippen LogP contribution in [0.2, 0.25) is 0 Å². The molecule has 0 atom stereocenters. The molecule has 0 fully saturated rings. The first-order valence-electron chi connectivity index (χ1n) is 2.08. The Morgan fingerprint density at radius 1 is 1.75 bits per heavy atom. The number of ketones is 1. The van der Waals surface area contributed by atoms with Crippen molar-refractivity contribution < 1.29 is 4.79 Å². The SMILES string of the molecule is CS/C(Cl)=C\C(C)=O. The molecule has 0 aliphatic heterocycles. The summed E-state index contributed by atoms with van der Waals surface area (Å²) in [6.07, 6.45) is 3.22. The molecule has 0 saturated carbocycles. The zero-order chi connectivity index (χ0) is 6.57. The van der Waals surface area contributed by atoms with Crippen LogP contribution in [0.3, 0.4) is 0 Å². The second-order valence-electron chi connectivity index (χ2n) is 1.26. The third-order valence-electron chi connectivity index (χ3n) is 0.512. The van der Waals surface area contributed by atoms with Crippen LogP contribution in [0, 0.1) is 0 Å². The van der Waals surface area contributed by atoms with E-state index < -0.39 is 0 Å². The fourth-order valence-electron chi connectivity index (χ4n) is 0.219.